The standard InChI is InChI=1S/C19H26N4O4/c1-12-17(27-14-7-5-4-6-13(10-14)19(25)26-3)9-8-15(20-12)18-16(11-24)23(2)22-21-18/h8-9,13-14,24H,4-7,10-11H2,1-3H3. The van der Waals surface area contributed by atoms with Gasteiger partial charge in [0.25, 0.3) is 0 Å². The molecule has 1 N–H and O–H groups in total. The first-order valence-electron chi connectivity index (χ1n) is 9.25. The van der Waals surface area contributed by atoms with Gasteiger partial charge >= 0.3 is 5.97 Å². The van der Waals surface area contributed by atoms with Gasteiger partial charge in [0, 0.05) is 7.05 Å². The van der Waals surface area contributed by atoms with Gasteiger partial charge in [0.1, 0.15) is 11.4 Å². The molecule has 0 aromatic carbocycles. The van der Waals surface area contributed by atoms with Crippen molar-refractivity contribution in [2.45, 2.75) is 51.7 Å². The number of esters is 1. The molecule has 1 aliphatic carbocycles. The van der Waals surface area contributed by atoms with Gasteiger partial charge in [-0.2, -0.15) is 0 Å². The van der Waals surface area contributed by atoms with Crippen LogP contribution in [0.3, 0.4) is 0 Å². The molecule has 0 radical (unpaired) electrons. The van der Waals surface area contributed by atoms with Gasteiger partial charge in [-0.1, -0.05) is 11.6 Å². The maximum absolute atomic E-state index is 11.9. The fourth-order valence-corrected chi connectivity index (χ4v) is 3.54. The Morgan fingerprint density at radius 3 is 2.81 bits per heavy atom. The van der Waals surface area contributed by atoms with Crippen molar-refractivity contribution in [2.24, 2.45) is 13.0 Å². The highest BCUT2D eigenvalue weighted by molar-refractivity contribution is 5.72. The quantitative estimate of drug-likeness (QED) is 0.632. The number of nitrogens with zero attached hydrogens (tertiary/aromatic N) is 4. The number of carbonyl (C=O) groups is 1. The van der Waals surface area contributed by atoms with Crippen LogP contribution < -0.4 is 4.74 Å². The molecule has 0 bridgehead atoms. The lowest BCUT2D eigenvalue weighted by Crippen LogP contribution is -2.24. The minimum atomic E-state index is -0.158. The molecule has 0 saturated heterocycles. The van der Waals surface area contributed by atoms with E-state index in [2.05, 4.69) is 15.3 Å². The molecule has 2 atom stereocenters. The summed E-state index contributed by atoms with van der Waals surface area (Å²) in [5, 5.41) is 17.6. The van der Waals surface area contributed by atoms with Crippen molar-refractivity contribution in [1.82, 2.24) is 20.0 Å². The molecular weight excluding hydrogens is 348 g/mol. The molecular formula is C19H26N4O4. The van der Waals surface area contributed by atoms with E-state index in [1.54, 1.807) is 7.05 Å². The number of pyridine rings is 1. The molecule has 2 aromatic rings. The van der Waals surface area contributed by atoms with E-state index in [9.17, 15) is 9.90 Å². The second-order valence-corrected chi connectivity index (χ2v) is 6.93. The fraction of sp³-hybridized carbons (Fsp3) is 0.579. The Labute approximate surface area is 158 Å². The normalized spacial score (nSPS) is 20.1. The van der Waals surface area contributed by atoms with Gasteiger partial charge in [0.05, 0.1) is 42.8 Å². The maximum atomic E-state index is 11.9. The lowest BCUT2D eigenvalue weighted by atomic mass is 9.99. The number of hydrogen-bond acceptors (Lipinski definition) is 7. The molecule has 0 amide bonds. The predicted octanol–water partition coefficient (Wildman–Crippen LogP) is 2.18. The summed E-state index contributed by atoms with van der Waals surface area (Å²) in [6.07, 6.45) is 4.42. The smallest absolute Gasteiger partial charge is 0.308 e. The van der Waals surface area contributed by atoms with E-state index in [0.29, 0.717) is 29.3 Å². The third-order valence-electron chi connectivity index (χ3n) is 5.08. The van der Waals surface area contributed by atoms with E-state index < -0.39 is 0 Å². The Balaban J connectivity index is 1.76. The Morgan fingerprint density at radius 1 is 1.33 bits per heavy atom. The third kappa shape index (κ3) is 4.27. The first-order chi connectivity index (χ1) is 13.0. The summed E-state index contributed by atoms with van der Waals surface area (Å²) < 4.78 is 12.6. The number of aliphatic hydroxyl groups is 1. The largest absolute Gasteiger partial charge is 0.489 e. The molecule has 3 rings (SSSR count). The lowest BCUT2D eigenvalue weighted by molar-refractivity contribution is -0.146. The highest BCUT2D eigenvalue weighted by Crippen LogP contribution is 2.30. The molecule has 2 unspecified atom stereocenters. The molecule has 0 aliphatic heterocycles. The zero-order valence-corrected chi connectivity index (χ0v) is 16.0. The summed E-state index contributed by atoms with van der Waals surface area (Å²) in [5.74, 6) is 0.431. The Morgan fingerprint density at radius 2 is 2.11 bits per heavy atom. The summed E-state index contributed by atoms with van der Waals surface area (Å²) in [7, 11) is 3.17. The molecule has 8 heteroatoms. The predicted molar refractivity (Wildman–Crippen MR) is 97.9 cm³/mol. The average molecular weight is 374 g/mol. The molecule has 27 heavy (non-hydrogen) atoms. The van der Waals surface area contributed by atoms with E-state index in [1.807, 2.05) is 19.1 Å². The van der Waals surface area contributed by atoms with Gasteiger partial charge in [0.15, 0.2) is 0 Å². The van der Waals surface area contributed by atoms with Crippen LogP contribution in [0.15, 0.2) is 12.1 Å². The summed E-state index contributed by atoms with van der Waals surface area (Å²) in [5.41, 5.74) is 2.56. The van der Waals surface area contributed by atoms with Gasteiger partial charge in [-0.15, -0.1) is 5.10 Å². The number of aromatic nitrogens is 4. The van der Waals surface area contributed by atoms with Crippen molar-refractivity contribution in [2.75, 3.05) is 7.11 Å². The fourth-order valence-electron chi connectivity index (χ4n) is 3.54. The van der Waals surface area contributed by atoms with Crippen LogP contribution in [0.25, 0.3) is 11.4 Å². The number of aryl methyl sites for hydroxylation is 2. The number of ether oxygens (including phenoxy) is 2. The second kappa shape index (κ2) is 8.47. The van der Waals surface area contributed by atoms with E-state index in [-0.39, 0.29) is 24.6 Å². The van der Waals surface area contributed by atoms with Gasteiger partial charge < -0.3 is 14.6 Å². The monoisotopic (exact) mass is 374 g/mol. The van der Waals surface area contributed by atoms with E-state index in [4.69, 9.17) is 9.47 Å². The zero-order chi connectivity index (χ0) is 19.4. The Bertz CT molecular complexity index is 805. The van der Waals surface area contributed by atoms with Gasteiger partial charge in [-0.25, -0.2) is 9.67 Å². The van der Waals surface area contributed by atoms with Crippen LogP contribution >= 0.6 is 0 Å². The molecule has 1 aliphatic rings. The van der Waals surface area contributed by atoms with Gasteiger partial charge in [-0.3, -0.25) is 4.79 Å². The molecule has 1 fully saturated rings. The van der Waals surface area contributed by atoms with Crippen LogP contribution in [0.1, 0.15) is 43.5 Å². The van der Waals surface area contributed by atoms with Crippen LogP contribution in [0.4, 0.5) is 0 Å². The minimum Gasteiger partial charge on any atom is -0.489 e. The summed E-state index contributed by atoms with van der Waals surface area (Å²) >= 11 is 0. The summed E-state index contributed by atoms with van der Waals surface area (Å²) in [4.78, 5) is 16.5. The number of aliphatic hydroxyl groups excluding tert-OH is 1. The molecule has 1 saturated carbocycles. The van der Waals surface area contributed by atoms with Gasteiger partial charge in [0.2, 0.25) is 0 Å². The first kappa shape index (κ1) is 19.3. The number of methoxy groups -OCH3 is 1. The van der Waals surface area contributed by atoms with Crippen molar-refractivity contribution in [1.29, 1.82) is 0 Å². The topological polar surface area (TPSA) is 99.4 Å². The average Bonchev–Trinajstić information content (AvgIpc) is 2.88. The Kier molecular flexibility index (Phi) is 6.05. The zero-order valence-electron chi connectivity index (χ0n) is 16.0. The molecule has 2 heterocycles. The van der Waals surface area contributed by atoms with Crippen LogP contribution in [0.5, 0.6) is 5.75 Å². The number of hydrogen-bond donors (Lipinski definition) is 1. The van der Waals surface area contributed by atoms with Crippen molar-refractivity contribution >= 4 is 5.97 Å². The van der Waals surface area contributed by atoms with E-state index in [1.165, 1.54) is 11.8 Å². The van der Waals surface area contributed by atoms with Crippen molar-refractivity contribution < 1.29 is 19.4 Å². The SMILES string of the molecule is COC(=O)C1CCCCC(Oc2ccc(-c3nnn(C)c3CO)nc2C)C1. The Hall–Kier alpha value is -2.48. The number of rotatable bonds is 5. The first-order valence-corrected chi connectivity index (χ1v) is 9.25. The van der Waals surface area contributed by atoms with Crippen molar-refractivity contribution in [3.8, 4) is 17.1 Å². The molecule has 2 aromatic heterocycles. The van der Waals surface area contributed by atoms with Gasteiger partial charge in [-0.05, 0) is 44.7 Å². The minimum absolute atomic E-state index is 0.0348. The second-order valence-electron chi connectivity index (χ2n) is 6.93. The van der Waals surface area contributed by atoms with Crippen LogP contribution in [0, 0.1) is 12.8 Å². The lowest BCUT2D eigenvalue weighted by Gasteiger charge is -2.21. The molecule has 146 valence electrons. The van der Waals surface area contributed by atoms with Crippen molar-refractivity contribution in [3.63, 3.8) is 0 Å². The van der Waals surface area contributed by atoms with Crippen LogP contribution in [0.2, 0.25) is 0 Å². The summed E-state index contributed by atoms with van der Waals surface area (Å²) in [6.45, 7) is 1.72. The third-order valence-corrected chi connectivity index (χ3v) is 5.08. The molecule has 8 nitrogen and oxygen atoms in total. The highest BCUT2D eigenvalue weighted by atomic mass is 16.5. The summed E-state index contributed by atoms with van der Waals surface area (Å²) in [6, 6.07) is 3.69. The maximum Gasteiger partial charge on any atom is 0.308 e. The van der Waals surface area contributed by atoms with E-state index in [0.717, 1.165) is 31.4 Å². The van der Waals surface area contributed by atoms with E-state index >= 15 is 0 Å². The highest BCUT2D eigenvalue weighted by Gasteiger charge is 2.28. The van der Waals surface area contributed by atoms with Crippen LogP contribution in [-0.4, -0.2) is 44.3 Å². The van der Waals surface area contributed by atoms with Crippen LogP contribution in [-0.2, 0) is 23.2 Å². The molecule has 0 spiro atoms. The van der Waals surface area contributed by atoms with Crippen molar-refractivity contribution in [3.05, 3.63) is 23.5 Å². The number of carbonyl (C=O) groups excluding carboxylic acids is 1.